The molecule has 1 rings (SSSR count). The summed E-state index contributed by atoms with van der Waals surface area (Å²) < 4.78 is 10.1. The zero-order valence-electron chi connectivity index (χ0n) is 11.9. The Labute approximate surface area is 117 Å². The van der Waals surface area contributed by atoms with Crippen LogP contribution in [0.4, 0.5) is 0 Å². The van der Waals surface area contributed by atoms with Gasteiger partial charge in [-0.1, -0.05) is 19.0 Å². The standard InChI is InChI=1S/C13H20N2O5/c1-8(2)4-11(13(17)18)14-12(16)7-19-6-10-5-9(3)15-20-10/h5,8,11H,4,6-7H2,1-3H3,(H,14,16)(H,17,18)/t11-/m1/s1. The summed E-state index contributed by atoms with van der Waals surface area (Å²) in [6, 6.07) is 0.815. The van der Waals surface area contributed by atoms with Crippen LogP contribution >= 0.6 is 0 Å². The van der Waals surface area contributed by atoms with Crippen molar-refractivity contribution >= 4 is 11.9 Å². The van der Waals surface area contributed by atoms with E-state index in [1.54, 1.807) is 13.0 Å². The molecule has 1 amide bonds. The van der Waals surface area contributed by atoms with Crippen molar-refractivity contribution in [3.63, 3.8) is 0 Å². The van der Waals surface area contributed by atoms with Gasteiger partial charge in [-0.05, 0) is 19.3 Å². The number of carboxylic acid groups (broad SMARTS) is 1. The van der Waals surface area contributed by atoms with E-state index in [1.165, 1.54) is 0 Å². The molecule has 0 radical (unpaired) electrons. The van der Waals surface area contributed by atoms with E-state index in [9.17, 15) is 9.59 Å². The molecule has 0 aliphatic carbocycles. The second kappa shape index (κ2) is 7.64. The topological polar surface area (TPSA) is 102 Å². The molecule has 1 aromatic heterocycles. The molecule has 0 aliphatic rings. The number of nitrogens with zero attached hydrogens (tertiary/aromatic N) is 1. The van der Waals surface area contributed by atoms with Crippen LogP contribution in [0.25, 0.3) is 0 Å². The maximum Gasteiger partial charge on any atom is 0.326 e. The minimum absolute atomic E-state index is 0.121. The number of hydrogen-bond donors (Lipinski definition) is 2. The molecule has 0 unspecified atom stereocenters. The van der Waals surface area contributed by atoms with Gasteiger partial charge in [0.1, 0.15) is 19.3 Å². The highest BCUT2D eigenvalue weighted by Gasteiger charge is 2.20. The van der Waals surface area contributed by atoms with Gasteiger partial charge in [0, 0.05) is 6.07 Å². The molecule has 0 aromatic carbocycles. The summed E-state index contributed by atoms with van der Waals surface area (Å²) in [6.07, 6.45) is 0.377. The SMILES string of the molecule is Cc1cc(COCC(=O)N[C@H](CC(C)C)C(=O)O)on1. The van der Waals surface area contributed by atoms with Crippen molar-refractivity contribution in [3.8, 4) is 0 Å². The van der Waals surface area contributed by atoms with Gasteiger partial charge in [-0.2, -0.15) is 0 Å². The number of hydrogen-bond acceptors (Lipinski definition) is 5. The average molecular weight is 284 g/mol. The highest BCUT2D eigenvalue weighted by molar-refractivity contribution is 5.84. The maximum atomic E-state index is 11.6. The number of carbonyl (C=O) groups is 2. The molecule has 0 fully saturated rings. The van der Waals surface area contributed by atoms with E-state index in [0.29, 0.717) is 12.2 Å². The van der Waals surface area contributed by atoms with Crippen molar-refractivity contribution < 1.29 is 24.0 Å². The van der Waals surface area contributed by atoms with Crippen molar-refractivity contribution in [2.24, 2.45) is 5.92 Å². The summed E-state index contributed by atoms with van der Waals surface area (Å²) in [6.45, 7) is 5.47. The summed E-state index contributed by atoms with van der Waals surface area (Å²) in [5, 5.41) is 15.1. The number of aliphatic carboxylic acids is 1. The van der Waals surface area contributed by atoms with Crippen LogP contribution in [0.1, 0.15) is 31.7 Å². The lowest BCUT2D eigenvalue weighted by Gasteiger charge is -2.16. The average Bonchev–Trinajstić information content (AvgIpc) is 2.73. The van der Waals surface area contributed by atoms with E-state index in [1.807, 2.05) is 13.8 Å². The summed E-state index contributed by atoms with van der Waals surface area (Å²) in [4.78, 5) is 22.6. The third kappa shape index (κ3) is 5.83. The van der Waals surface area contributed by atoms with Crippen molar-refractivity contribution in [2.45, 2.75) is 39.8 Å². The lowest BCUT2D eigenvalue weighted by molar-refractivity contribution is -0.143. The van der Waals surface area contributed by atoms with Gasteiger partial charge in [0.15, 0.2) is 5.76 Å². The van der Waals surface area contributed by atoms with Crippen molar-refractivity contribution in [2.75, 3.05) is 6.61 Å². The minimum Gasteiger partial charge on any atom is -0.480 e. The van der Waals surface area contributed by atoms with Crippen LogP contribution in [-0.2, 0) is 20.9 Å². The van der Waals surface area contributed by atoms with Crippen LogP contribution in [-0.4, -0.2) is 34.8 Å². The van der Waals surface area contributed by atoms with Crippen molar-refractivity contribution in [3.05, 3.63) is 17.5 Å². The van der Waals surface area contributed by atoms with Gasteiger partial charge in [0.2, 0.25) is 5.91 Å². The first-order valence-electron chi connectivity index (χ1n) is 6.40. The first-order chi connectivity index (χ1) is 9.38. The van der Waals surface area contributed by atoms with E-state index in [2.05, 4.69) is 10.5 Å². The molecule has 0 saturated heterocycles. The molecular weight excluding hydrogens is 264 g/mol. The number of aryl methyl sites for hydroxylation is 1. The van der Waals surface area contributed by atoms with E-state index < -0.39 is 17.9 Å². The highest BCUT2D eigenvalue weighted by atomic mass is 16.5. The number of aromatic nitrogens is 1. The molecule has 1 atom stereocenters. The molecule has 1 aromatic rings. The Morgan fingerprint density at radius 1 is 1.50 bits per heavy atom. The first-order valence-corrected chi connectivity index (χ1v) is 6.40. The molecule has 0 saturated carbocycles. The second-order valence-corrected chi connectivity index (χ2v) is 5.02. The molecule has 7 nitrogen and oxygen atoms in total. The van der Waals surface area contributed by atoms with E-state index in [4.69, 9.17) is 14.4 Å². The summed E-state index contributed by atoms with van der Waals surface area (Å²) in [7, 11) is 0. The Morgan fingerprint density at radius 3 is 2.70 bits per heavy atom. The molecule has 7 heteroatoms. The van der Waals surface area contributed by atoms with Crippen LogP contribution in [0.3, 0.4) is 0 Å². The van der Waals surface area contributed by atoms with Gasteiger partial charge in [-0.3, -0.25) is 4.79 Å². The quantitative estimate of drug-likeness (QED) is 0.741. The predicted molar refractivity (Wildman–Crippen MR) is 69.9 cm³/mol. The number of ether oxygens (including phenoxy) is 1. The Bertz CT molecular complexity index is 455. The van der Waals surface area contributed by atoms with Crippen molar-refractivity contribution in [1.29, 1.82) is 0 Å². The van der Waals surface area contributed by atoms with E-state index >= 15 is 0 Å². The monoisotopic (exact) mass is 284 g/mol. The van der Waals surface area contributed by atoms with Gasteiger partial charge in [-0.15, -0.1) is 0 Å². The molecule has 2 N–H and O–H groups in total. The predicted octanol–water partition coefficient (Wildman–Crippen LogP) is 1.12. The third-order valence-electron chi connectivity index (χ3n) is 2.49. The van der Waals surface area contributed by atoms with E-state index in [0.717, 1.165) is 5.69 Å². The Kier molecular flexibility index (Phi) is 6.17. The first kappa shape index (κ1) is 16.2. The molecule has 0 bridgehead atoms. The number of rotatable bonds is 8. The molecule has 20 heavy (non-hydrogen) atoms. The van der Waals surface area contributed by atoms with Gasteiger partial charge in [0.05, 0.1) is 5.69 Å². The fourth-order valence-electron chi connectivity index (χ4n) is 1.66. The summed E-state index contributed by atoms with van der Waals surface area (Å²) in [5.41, 5.74) is 0.732. The van der Waals surface area contributed by atoms with Crippen LogP contribution in [0.15, 0.2) is 10.6 Å². The maximum absolute atomic E-state index is 11.6. The molecular formula is C13H20N2O5. The molecule has 0 aliphatic heterocycles. The molecule has 1 heterocycles. The van der Waals surface area contributed by atoms with Crippen molar-refractivity contribution in [1.82, 2.24) is 10.5 Å². The zero-order chi connectivity index (χ0) is 15.1. The third-order valence-corrected chi connectivity index (χ3v) is 2.49. The normalized spacial score (nSPS) is 12.4. The molecule has 112 valence electrons. The number of amides is 1. The Balaban J connectivity index is 2.32. The second-order valence-electron chi connectivity index (χ2n) is 5.02. The van der Waals surface area contributed by atoms with E-state index in [-0.39, 0.29) is 19.1 Å². The Hall–Kier alpha value is -1.89. The number of carboxylic acids is 1. The van der Waals surface area contributed by atoms with Gasteiger partial charge >= 0.3 is 5.97 Å². The molecule has 0 spiro atoms. The smallest absolute Gasteiger partial charge is 0.326 e. The largest absolute Gasteiger partial charge is 0.480 e. The van der Waals surface area contributed by atoms with Crippen LogP contribution < -0.4 is 5.32 Å². The summed E-state index contributed by atoms with van der Waals surface area (Å²) >= 11 is 0. The van der Waals surface area contributed by atoms with Crippen LogP contribution in [0.5, 0.6) is 0 Å². The zero-order valence-corrected chi connectivity index (χ0v) is 11.9. The fraction of sp³-hybridized carbons (Fsp3) is 0.615. The highest BCUT2D eigenvalue weighted by Crippen LogP contribution is 2.06. The summed E-state index contributed by atoms with van der Waals surface area (Å²) in [5.74, 6) is -0.811. The van der Waals surface area contributed by atoms with Crippen LogP contribution in [0, 0.1) is 12.8 Å². The lowest BCUT2D eigenvalue weighted by atomic mass is 10.0. The van der Waals surface area contributed by atoms with Crippen LogP contribution in [0.2, 0.25) is 0 Å². The number of carbonyl (C=O) groups excluding carboxylic acids is 1. The number of nitrogens with one attached hydrogen (secondary N) is 1. The van der Waals surface area contributed by atoms with Gasteiger partial charge < -0.3 is 19.7 Å². The Morgan fingerprint density at radius 2 is 2.20 bits per heavy atom. The van der Waals surface area contributed by atoms with Gasteiger partial charge in [0.25, 0.3) is 0 Å². The lowest BCUT2D eigenvalue weighted by Crippen LogP contribution is -2.43. The van der Waals surface area contributed by atoms with Gasteiger partial charge in [-0.25, -0.2) is 4.79 Å². The minimum atomic E-state index is -1.04. The fourth-order valence-corrected chi connectivity index (χ4v) is 1.66.